The maximum Gasteiger partial charge on any atom is 0.145 e. The van der Waals surface area contributed by atoms with E-state index in [4.69, 9.17) is 22.1 Å². The van der Waals surface area contributed by atoms with E-state index in [0.29, 0.717) is 30.3 Å². The van der Waals surface area contributed by atoms with Crippen molar-refractivity contribution < 1.29 is 9.84 Å². The molecule has 0 radical (unpaired) electrons. The summed E-state index contributed by atoms with van der Waals surface area (Å²) < 4.78 is 5.32. The second kappa shape index (κ2) is 3.67. The summed E-state index contributed by atoms with van der Waals surface area (Å²) in [4.78, 5) is 0. The third-order valence-electron chi connectivity index (χ3n) is 2.38. The second-order valence-electron chi connectivity index (χ2n) is 3.32. The Kier molecular flexibility index (Phi) is 2.52. The van der Waals surface area contributed by atoms with Gasteiger partial charge in [-0.15, -0.1) is 0 Å². The number of phenolic OH excluding ortho intramolecular Hbond substituents is 1. The van der Waals surface area contributed by atoms with Crippen LogP contribution in [0.2, 0.25) is 5.02 Å². The highest BCUT2D eigenvalue weighted by Crippen LogP contribution is 2.41. The van der Waals surface area contributed by atoms with Crippen molar-refractivity contribution in [1.29, 1.82) is 0 Å². The molecule has 1 heterocycles. The SMILES string of the molecule is NCCc1cc2c(c(Cl)c1O)OCC2. The van der Waals surface area contributed by atoms with Crippen molar-refractivity contribution in [1.82, 2.24) is 0 Å². The number of hydrogen-bond acceptors (Lipinski definition) is 3. The van der Waals surface area contributed by atoms with Gasteiger partial charge in [0.1, 0.15) is 16.5 Å². The van der Waals surface area contributed by atoms with Crippen LogP contribution >= 0.6 is 11.6 Å². The highest BCUT2D eigenvalue weighted by Gasteiger charge is 2.21. The molecule has 0 unspecified atom stereocenters. The lowest BCUT2D eigenvalue weighted by atomic mass is 10.0. The Balaban J connectivity index is 2.49. The predicted octanol–water partition coefficient (Wildman–Crippen LogP) is 1.48. The third-order valence-corrected chi connectivity index (χ3v) is 2.73. The van der Waals surface area contributed by atoms with Crippen molar-refractivity contribution in [2.45, 2.75) is 12.8 Å². The van der Waals surface area contributed by atoms with Crippen molar-refractivity contribution >= 4 is 11.6 Å². The van der Waals surface area contributed by atoms with E-state index in [1.54, 1.807) is 0 Å². The Labute approximate surface area is 87.4 Å². The van der Waals surface area contributed by atoms with Crippen molar-refractivity contribution in [3.8, 4) is 11.5 Å². The summed E-state index contributed by atoms with van der Waals surface area (Å²) in [5.74, 6) is 0.739. The summed E-state index contributed by atoms with van der Waals surface area (Å²) in [5, 5.41) is 10.0. The fourth-order valence-corrected chi connectivity index (χ4v) is 1.98. The van der Waals surface area contributed by atoms with Crippen LogP contribution in [0.5, 0.6) is 11.5 Å². The van der Waals surface area contributed by atoms with Gasteiger partial charge in [-0.2, -0.15) is 0 Å². The minimum absolute atomic E-state index is 0.109. The number of phenols is 1. The van der Waals surface area contributed by atoms with Gasteiger partial charge in [0.15, 0.2) is 0 Å². The molecular formula is C10H12ClNO2. The minimum Gasteiger partial charge on any atom is -0.506 e. The molecule has 14 heavy (non-hydrogen) atoms. The van der Waals surface area contributed by atoms with E-state index < -0.39 is 0 Å². The van der Waals surface area contributed by atoms with Gasteiger partial charge in [-0.05, 0) is 30.2 Å². The van der Waals surface area contributed by atoms with Gasteiger partial charge in [0.25, 0.3) is 0 Å². The molecule has 2 rings (SSSR count). The highest BCUT2D eigenvalue weighted by atomic mass is 35.5. The Morgan fingerprint density at radius 2 is 2.36 bits per heavy atom. The Hall–Kier alpha value is -0.930. The van der Waals surface area contributed by atoms with E-state index >= 15 is 0 Å². The number of halogens is 1. The van der Waals surface area contributed by atoms with Crippen molar-refractivity contribution in [3.63, 3.8) is 0 Å². The summed E-state index contributed by atoms with van der Waals surface area (Å²) in [6.07, 6.45) is 1.49. The zero-order valence-corrected chi connectivity index (χ0v) is 8.47. The smallest absolute Gasteiger partial charge is 0.145 e. The lowest BCUT2D eigenvalue weighted by Crippen LogP contribution is -2.03. The topological polar surface area (TPSA) is 55.5 Å². The van der Waals surface area contributed by atoms with Gasteiger partial charge in [-0.25, -0.2) is 0 Å². The van der Waals surface area contributed by atoms with Crippen molar-refractivity contribution in [2.24, 2.45) is 5.73 Å². The van der Waals surface area contributed by atoms with Crippen LogP contribution in [0.3, 0.4) is 0 Å². The molecule has 1 aliphatic rings. The summed E-state index contributed by atoms with van der Waals surface area (Å²) >= 11 is 5.96. The maximum absolute atomic E-state index is 9.73. The number of rotatable bonds is 2. The summed E-state index contributed by atoms with van der Waals surface area (Å²) in [6.45, 7) is 1.14. The molecule has 76 valence electrons. The molecule has 0 saturated carbocycles. The Morgan fingerprint density at radius 1 is 1.57 bits per heavy atom. The number of hydrogen-bond donors (Lipinski definition) is 2. The average Bonchev–Trinajstić information content (AvgIpc) is 2.62. The van der Waals surface area contributed by atoms with Gasteiger partial charge in [-0.1, -0.05) is 11.6 Å². The summed E-state index contributed by atoms with van der Waals surface area (Å²) in [5.41, 5.74) is 7.31. The van der Waals surface area contributed by atoms with Gasteiger partial charge < -0.3 is 15.6 Å². The molecule has 3 nitrogen and oxygen atoms in total. The first kappa shape index (κ1) is 9.62. The first-order valence-corrected chi connectivity index (χ1v) is 4.98. The molecular weight excluding hydrogens is 202 g/mol. The number of fused-ring (bicyclic) bond motifs is 1. The lowest BCUT2D eigenvalue weighted by molar-refractivity contribution is 0.354. The van der Waals surface area contributed by atoms with Crippen LogP contribution in [-0.4, -0.2) is 18.3 Å². The van der Waals surface area contributed by atoms with Crippen LogP contribution in [0.4, 0.5) is 0 Å². The van der Waals surface area contributed by atoms with E-state index in [1.807, 2.05) is 6.07 Å². The van der Waals surface area contributed by atoms with Crippen molar-refractivity contribution in [3.05, 3.63) is 22.2 Å². The molecule has 0 fully saturated rings. The third kappa shape index (κ3) is 1.42. The van der Waals surface area contributed by atoms with Gasteiger partial charge in [-0.3, -0.25) is 0 Å². The zero-order valence-electron chi connectivity index (χ0n) is 7.72. The monoisotopic (exact) mass is 213 g/mol. The quantitative estimate of drug-likeness (QED) is 0.783. The molecule has 0 saturated heterocycles. The average molecular weight is 214 g/mol. The molecule has 1 aromatic carbocycles. The van der Waals surface area contributed by atoms with E-state index in [1.165, 1.54) is 0 Å². The van der Waals surface area contributed by atoms with Gasteiger partial charge in [0, 0.05) is 6.42 Å². The van der Waals surface area contributed by atoms with Crippen LogP contribution in [0, 0.1) is 0 Å². The first-order chi connectivity index (χ1) is 6.74. The molecule has 0 aliphatic carbocycles. The van der Waals surface area contributed by atoms with Gasteiger partial charge in [0.2, 0.25) is 0 Å². The lowest BCUT2D eigenvalue weighted by Gasteiger charge is -2.09. The van der Waals surface area contributed by atoms with Crippen LogP contribution < -0.4 is 10.5 Å². The molecule has 3 N–H and O–H groups in total. The minimum atomic E-state index is 0.109. The fourth-order valence-electron chi connectivity index (χ4n) is 1.68. The second-order valence-corrected chi connectivity index (χ2v) is 3.70. The molecule has 4 heteroatoms. The molecule has 1 aliphatic heterocycles. The largest absolute Gasteiger partial charge is 0.506 e. The molecule has 0 amide bonds. The standard InChI is InChI=1S/C10H12ClNO2/c11-8-9(13)6(1-3-12)5-7-2-4-14-10(7)8/h5,13H,1-4,12H2. The van der Waals surface area contributed by atoms with Crippen molar-refractivity contribution in [2.75, 3.05) is 13.2 Å². The molecule has 0 bridgehead atoms. The molecule has 0 aromatic heterocycles. The van der Waals surface area contributed by atoms with Crippen LogP contribution in [0.1, 0.15) is 11.1 Å². The summed E-state index contributed by atoms with van der Waals surface area (Å²) in [6, 6.07) is 1.93. The predicted molar refractivity (Wildman–Crippen MR) is 55.1 cm³/mol. The van der Waals surface area contributed by atoms with Gasteiger partial charge in [0.05, 0.1) is 6.61 Å². The highest BCUT2D eigenvalue weighted by molar-refractivity contribution is 6.33. The van der Waals surface area contributed by atoms with E-state index in [0.717, 1.165) is 17.5 Å². The number of nitrogens with two attached hydrogens (primary N) is 1. The maximum atomic E-state index is 9.73. The summed E-state index contributed by atoms with van der Waals surface area (Å²) in [7, 11) is 0. The van der Waals surface area contributed by atoms with Gasteiger partial charge >= 0.3 is 0 Å². The van der Waals surface area contributed by atoms with Crippen LogP contribution in [0.15, 0.2) is 6.07 Å². The number of benzene rings is 1. The molecule has 1 aromatic rings. The fraction of sp³-hybridized carbons (Fsp3) is 0.400. The zero-order chi connectivity index (χ0) is 10.1. The van der Waals surface area contributed by atoms with Crippen LogP contribution in [-0.2, 0) is 12.8 Å². The Bertz CT molecular complexity index is 366. The number of ether oxygens (including phenoxy) is 1. The molecule has 0 atom stereocenters. The normalized spacial score (nSPS) is 13.9. The van der Waals surface area contributed by atoms with E-state index in [2.05, 4.69) is 0 Å². The Morgan fingerprint density at radius 3 is 3.07 bits per heavy atom. The number of aromatic hydroxyl groups is 1. The van der Waals surface area contributed by atoms with E-state index in [-0.39, 0.29) is 5.75 Å². The molecule has 0 spiro atoms. The van der Waals surface area contributed by atoms with E-state index in [9.17, 15) is 5.11 Å². The first-order valence-electron chi connectivity index (χ1n) is 4.60. The van der Waals surface area contributed by atoms with Crippen LogP contribution in [0.25, 0.3) is 0 Å².